The predicted molar refractivity (Wildman–Crippen MR) is 62.3 cm³/mol. The van der Waals surface area contributed by atoms with Crippen molar-refractivity contribution in [2.75, 3.05) is 0 Å². The van der Waals surface area contributed by atoms with Crippen molar-refractivity contribution < 1.29 is 20.1 Å². The van der Waals surface area contributed by atoms with Crippen LogP contribution in [-0.4, -0.2) is 27.4 Å². The second-order valence-corrected chi connectivity index (χ2v) is 4.59. The fourth-order valence-electron chi connectivity index (χ4n) is 2.39. The molecule has 0 amide bonds. The molecule has 0 radical (unpaired) electrons. The van der Waals surface area contributed by atoms with Gasteiger partial charge in [0.1, 0.15) is 11.3 Å². The topological polar surface area (TPSA) is 77.8 Å². The van der Waals surface area contributed by atoms with Crippen LogP contribution in [0.15, 0.2) is 18.2 Å². The summed E-state index contributed by atoms with van der Waals surface area (Å²) >= 11 is 0. The molecule has 0 unspecified atom stereocenters. The van der Waals surface area contributed by atoms with Crippen molar-refractivity contribution in [3.63, 3.8) is 0 Å². The molecule has 1 aromatic rings. The van der Waals surface area contributed by atoms with E-state index in [-0.39, 0.29) is 23.3 Å². The van der Waals surface area contributed by atoms with E-state index in [0.717, 1.165) is 31.2 Å². The van der Waals surface area contributed by atoms with Gasteiger partial charge in [-0.1, -0.05) is 6.07 Å². The second-order valence-electron chi connectivity index (χ2n) is 4.59. The summed E-state index contributed by atoms with van der Waals surface area (Å²) in [7, 11) is 0. The number of aliphatic hydroxyl groups is 1. The summed E-state index contributed by atoms with van der Waals surface area (Å²) in [6.45, 7) is 0. The van der Waals surface area contributed by atoms with Gasteiger partial charge in [0.05, 0.1) is 6.10 Å². The van der Waals surface area contributed by atoms with Gasteiger partial charge in [-0.05, 0) is 49.3 Å². The molecule has 4 nitrogen and oxygen atoms in total. The van der Waals surface area contributed by atoms with Crippen molar-refractivity contribution in [3.05, 3.63) is 29.3 Å². The third-order valence-corrected chi connectivity index (χ3v) is 3.42. The van der Waals surface area contributed by atoms with Gasteiger partial charge in [-0.2, -0.15) is 0 Å². The number of benzene rings is 1. The lowest BCUT2D eigenvalue weighted by atomic mass is 9.82. The molecular weight excluding hydrogens is 220 g/mol. The van der Waals surface area contributed by atoms with Crippen LogP contribution in [0.5, 0.6) is 5.75 Å². The van der Waals surface area contributed by atoms with Crippen LogP contribution in [0.1, 0.15) is 47.5 Å². The Morgan fingerprint density at radius 2 is 1.82 bits per heavy atom. The average molecular weight is 236 g/mol. The number of carbonyl (C=O) groups is 1. The quantitative estimate of drug-likeness (QED) is 0.735. The highest BCUT2D eigenvalue weighted by molar-refractivity contribution is 5.90. The molecule has 0 saturated heterocycles. The molecule has 92 valence electrons. The molecule has 1 aliphatic carbocycles. The summed E-state index contributed by atoms with van der Waals surface area (Å²) in [6.07, 6.45) is 3.03. The van der Waals surface area contributed by atoms with Crippen molar-refractivity contribution in [2.24, 2.45) is 0 Å². The zero-order chi connectivity index (χ0) is 12.4. The molecule has 0 atom stereocenters. The van der Waals surface area contributed by atoms with Crippen molar-refractivity contribution in [3.8, 4) is 5.75 Å². The largest absolute Gasteiger partial charge is 0.507 e. The maximum atomic E-state index is 10.9. The third kappa shape index (κ3) is 2.58. The molecule has 1 fully saturated rings. The molecule has 1 aromatic carbocycles. The van der Waals surface area contributed by atoms with Gasteiger partial charge in [0.15, 0.2) is 0 Å². The Hall–Kier alpha value is -1.55. The number of aromatic hydroxyl groups is 1. The minimum absolute atomic E-state index is 0.0476. The Bertz CT molecular complexity index is 419. The molecule has 1 saturated carbocycles. The fraction of sp³-hybridized carbons (Fsp3) is 0.462. The van der Waals surface area contributed by atoms with Gasteiger partial charge in [-0.25, -0.2) is 4.79 Å². The zero-order valence-corrected chi connectivity index (χ0v) is 9.47. The van der Waals surface area contributed by atoms with Gasteiger partial charge in [0.2, 0.25) is 0 Å². The SMILES string of the molecule is O=C(O)c1cc(C2CCC(O)CC2)ccc1O. The summed E-state index contributed by atoms with van der Waals surface area (Å²) in [5.41, 5.74) is 0.890. The smallest absolute Gasteiger partial charge is 0.339 e. The molecule has 3 N–H and O–H groups in total. The van der Waals surface area contributed by atoms with Crippen LogP contribution < -0.4 is 0 Å². The summed E-state index contributed by atoms with van der Waals surface area (Å²) in [5.74, 6) is -1.02. The van der Waals surface area contributed by atoms with Gasteiger partial charge in [-0.15, -0.1) is 0 Å². The highest BCUT2D eigenvalue weighted by Crippen LogP contribution is 2.34. The first-order valence-corrected chi connectivity index (χ1v) is 5.82. The minimum Gasteiger partial charge on any atom is -0.507 e. The van der Waals surface area contributed by atoms with Gasteiger partial charge >= 0.3 is 5.97 Å². The lowest BCUT2D eigenvalue weighted by Crippen LogP contribution is -2.17. The highest BCUT2D eigenvalue weighted by atomic mass is 16.4. The first-order chi connectivity index (χ1) is 8.08. The first-order valence-electron chi connectivity index (χ1n) is 5.82. The number of carboxylic acids is 1. The summed E-state index contributed by atoms with van der Waals surface area (Å²) < 4.78 is 0. The van der Waals surface area contributed by atoms with E-state index < -0.39 is 5.97 Å². The Labute approximate surface area is 99.5 Å². The van der Waals surface area contributed by atoms with E-state index in [0.29, 0.717) is 0 Å². The van der Waals surface area contributed by atoms with E-state index in [1.165, 1.54) is 6.07 Å². The molecule has 0 bridgehead atoms. The van der Waals surface area contributed by atoms with Crippen LogP contribution in [0.4, 0.5) is 0 Å². The summed E-state index contributed by atoms with van der Waals surface area (Å²) in [6, 6.07) is 4.74. The Morgan fingerprint density at radius 1 is 1.18 bits per heavy atom. The summed E-state index contributed by atoms with van der Waals surface area (Å²) in [4.78, 5) is 10.9. The van der Waals surface area contributed by atoms with Gasteiger partial charge < -0.3 is 15.3 Å². The van der Waals surface area contributed by atoms with Gasteiger partial charge in [0, 0.05) is 0 Å². The van der Waals surface area contributed by atoms with Crippen LogP contribution in [0.3, 0.4) is 0 Å². The van der Waals surface area contributed by atoms with E-state index in [1.807, 2.05) is 0 Å². The van der Waals surface area contributed by atoms with Crippen molar-refractivity contribution >= 4 is 5.97 Å². The standard InChI is InChI=1S/C13H16O4/c14-10-4-1-8(2-5-10)9-3-6-12(15)11(7-9)13(16)17/h3,6-8,10,14-15H,1-2,4-5H2,(H,16,17). The molecule has 2 rings (SSSR count). The van der Waals surface area contributed by atoms with Crippen LogP contribution in [0, 0.1) is 0 Å². The van der Waals surface area contributed by atoms with Crippen molar-refractivity contribution in [2.45, 2.75) is 37.7 Å². The lowest BCUT2D eigenvalue weighted by molar-refractivity contribution is 0.0693. The number of carboxylic acid groups (broad SMARTS) is 1. The third-order valence-electron chi connectivity index (χ3n) is 3.42. The van der Waals surface area contributed by atoms with Crippen molar-refractivity contribution in [1.29, 1.82) is 0 Å². The number of aromatic carboxylic acids is 1. The lowest BCUT2D eigenvalue weighted by Gasteiger charge is -2.25. The Balaban J connectivity index is 2.21. The molecule has 0 aromatic heterocycles. The molecule has 0 heterocycles. The summed E-state index contributed by atoms with van der Waals surface area (Å²) in [5, 5.41) is 27.8. The normalized spacial score (nSPS) is 24.5. The monoisotopic (exact) mass is 236 g/mol. The van der Waals surface area contributed by atoms with Crippen LogP contribution >= 0.6 is 0 Å². The predicted octanol–water partition coefficient (Wildman–Crippen LogP) is 2.11. The van der Waals surface area contributed by atoms with E-state index >= 15 is 0 Å². The molecule has 1 aliphatic rings. The van der Waals surface area contributed by atoms with Crippen molar-refractivity contribution in [1.82, 2.24) is 0 Å². The first kappa shape index (κ1) is 11.9. The Morgan fingerprint density at radius 3 is 2.41 bits per heavy atom. The number of phenols is 1. The highest BCUT2D eigenvalue weighted by Gasteiger charge is 2.22. The number of hydrogen-bond donors (Lipinski definition) is 3. The second kappa shape index (κ2) is 4.75. The molecule has 17 heavy (non-hydrogen) atoms. The number of hydrogen-bond acceptors (Lipinski definition) is 3. The van der Waals surface area contributed by atoms with Crippen LogP contribution in [0.2, 0.25) is 0 Å². The van der Waals surface area contributed by atoms with E-state index in [2.05, 4.69) is 0 Å². The van der Waals surface area contributed by atoms with Gasteiger partial charge in [0.25, 0.3) is 0 Å². The zero-order valence-electron chi connectivity index (χ0n) is 9.47. The van der Waals surface area contributed by atoms with Crippen LogP contribution in [0.25, 0.3) is 0 Å². The molecule has 0 aliphatic heterocycles. The molecular formula is C13H16O4. The maximum absolute atomic E-state index is 10.9. The van der Waals surface area contributed by atoms with E-state index in [9.17, 15) is 15.0 Å². The van der Waals surface area contributed by atoms with Crippen LogP contribution in [-0.2, 0) is 0 Å². The Kier molecular flexibility index (Phi) is 3.33. The minimum atomic E-state index is -1.11. The maximum Gasteiger partial charge on any atom is 0.339 e. The van der Waals surface area contributed by atoms with E-state index in [4.69, 9.17) is 5.11 Å². The van der Waals surface area contributed by atoms with E-state index in [1.54, 1.807) is 12.1 Å². The molecule has 4 heteroatoms. The number of rotatable bonds is 2. The fourth-order valence-corrected chi connectivity index (χ4v) is 2.39. The number of aliphatic hydroxyl groups excluding tert-OH is 1. The average Bonchev–Trinajstić information content (AvgIpc) is 2.30. The van der Waals surface area contributed by atoms with Gasteiger partial charge in [-0.3, -0.25) is 0 Å². The molecule has 0 spiro atoms.